The van der Waals surface area contributed by atoms with Crippen LogP contribution in [0, 0.1) is 20.8 Å². The van der Waals surface area contributed by atoms with E-state index in [-0.39, 0.29) is 17.8 Å². The summed E-state index contributed by atoms with van der Waals surface area (Å²) in [6.07, 6.45) is 0. The number of thioether (sulfide) groups is 1. The number of Topliss-reactive ketones (excluding diaryl/α,β-unsaturated/α-hetero) is 1. The summed E-state index contributed by atoms with van der Waals surface area (Å²) in [4.78, 5) is 12.9. The zero-order valence-corrected chi connectivity index (χ0v) is 16.9. The van der Waals surface area contributed by atoms with Crippen LogP contribution in [0.5, 0.6) is 11.5 Å². The topological polar surface area (TPSA) is 74.5 Å². The minimum atomic E-state index is -0.342. The number of aryl methyl sites for hydroxylation is 3. The second kappa shape index (κ2) is 7.31. The highest BCUT2D eigenvalue weighted by molar-refractivity contribution is 8.00. The largest absolute Gasteiger partial charge is 0.454 e. The smallest absolute Gasteiger partial charge is 0.277 e. The van der Waals surface area contributed by atoms with Crippen molar-refractivity contribution in [2.45, 2.75) is 38.2 Å². The lowest BCUT2D eigenvalue weighted by Crippen LogP contribution is -2.15. The molecular weight excluding hydrogens is 376 g/mol. The first-order valence-electron chi connectivity index (χ1n) is 8.94. The van der Waals surface area contributed by atoms with E-state index < -0.39 is 0 Å². The van der Waals surface area contributed by atoms with Crippen molar-refractivity contribution in [2.24, 2.45) is 0 Å². The number of ketones is 1. The van der Waals surface area contributed by atoms with Crippen LogP contribution >= 0.6 is 11.8 Å². The van der Waals surface area contributed by atoms with Crippen LogP contribution in [0.2, 0.25) is 0 Å². The Morgan fingerprint density at radius 1 is 1.00 bits per heavy atom. The summed E-state index contributed by atoms with van der Waals surface area (Å²) in [6, 6.07) is 9.45. The second-order valence-electron chi connectivity index (χ2n) is 6.82. The third kappa shape index (κ3) is 3.49. The molecule has 1 aliphatic rings. The van der Waals surface area contributed by atoms with Crippen molar-refractivity contribution >= 4 is 17.5 Å². The molecule has 0 radical (unpaired) electrons. The first-order chi connectivity index (χ1) is 13.4. The van der Waals surface area contributed by atoms with Gasteiger partial charge in [0.05, 0.1) is 5.25 Å². The third-order valence-electron chi connectivity index (χ3n) is 4.78. The summed E-state index contributed by atoms with van der Waals surface area (Å²) in [5, 5.41) is 8.19. The number of carbonyl (C=O) groups excluding carboxylic acids is 1. The van der Waals surface area contributed by atoms with E-state index in [4.69, 9.17) is 13.9 Å². The molecule has 7 heteroatoms. The van der Waals surface area contributed by atoms with E-state index in [0.717, 1.165) is 22.3 Å². The molecule has 0 spiro atoms. The molecule has 0 amide bonds. The summed E-state index contributed by atoms with van der Waals surface area (Å²) < 4.78 is 16.4. The number of benzene rings is 2. The molecule has 6 nitrogen and oxygen atoms in total. The van der Waals surface area contributed by atoms with Gasteiger partial charge in [-0.15, -0.1) is 10.2 Å². The van der Waals surface area contributed by atoms with Gasteiger partial charge in [0, 0.05) is 11.1 Å². The zero-order chi connectivity index (χ0) is 19.8. The molecule has 144 valence electrons. The Morgan fingerprint density at radius 2 is 1.75 bits per heavy atom. The van der Waals surface area contributed by atoms with Gasteiger partial charge in [-0.3, -0.25) is 4.79 Å². The van der Waals surface area contributed by atoms with Crippen LogP contribution in [-0.4, -0.2) is 28.0 Å². The van der Waals surface area contributed by atoms with Crippen molar-refractivity contribution in [1.29, 1.82) is 0 Å². The van der Waals surface area contributed by atoms with Crippen molar-refractivity contribution in [2.75, 3.05) is 6.79 Å². The molecule has 1 aromatic heterocycles. The number of hydrogen-bond acceptors (Lipinski definition) is 7. The summed E-state index contributed by atoms with van der Waals surface area (Å²) in [6.45, 7) is 8.08. The van der Waals surface area contributed by atoms with Crippen molar-refractivity contribution < 1.29 is 18.7 Å². The highest BCUT2D eigenvalue weighted by Crippen LogP contribution is 2.36. The Labute approximate surface area is 167 Å². The van der Waals surface area contributed by atoms with Crippen LogP contribution < -0.4 is 9.47 Å². The summed E-state index contributed by atoms with van der Waals surface area (Å²) >= 11 is 1.26. The number of carbonyl (C=O) groups is 1. The number of ether oxygens (including phenoxy) is 2. The fourth-order valence-electron chi connectivity index (χ4n) is 3.05. The van der Waals surface area contributed by atoms with E-state index in [9.17, 15) is 4.79 Å². The van der Waals surface area contributed by atoms with Gasteiger partial charge in [-0.2, -0.15) is 0 Å². The lowest BCUT2D eigenvalue weighted by molar-refractivity contribution is 0.0993. The fraction of sp³-hybridized carbons (Fsp3) is 0.286. The molecule has 0 saturated carbocycles. The van der Waals surface area contributed by atoms with Crippen LogP contribution in [0.25, 0.3) is 11.5 Å². The number of fused-ring (bicyclic) bond motifs is 1. The van der Waals surface area contributed by atoms with Crippen LogP contribution in [0.15, 0.2) is 40.0 Å². The Balaban J connectivity index is 1.51. The lowest BCUT2D eigenvalue weighted by atomic mass is 9.97. The quantitative estimate of drug-likeness (QED) is 0.455. The Hall–Kier alpha value is -2.80. The average molecular weight is 396 g/mol. The van der Waals surface area contributed by atoms with Crippen LogP contribution in [-0.2, 0) is 0 Å². The Morgan fingerprint density at radius 3 is 2.57 bits per heavy atom. The molecule has 1 atom stereocenters. The molecule has 2 aromatic carbocycles. The highest BCUT2D eigenvalue weighted by atomic mass is 32.2. The van der Waals surface area contributed by atoms with E-state index in [1.807, 2.05) is 52.0 Å². The van der Waals surface area contributed by atoms with Gasteiger partial charge in [0.25, 0.3) is 5.22 Å². The average Bonchev–Trinajstić information content (AvgIpc) is 3.32. The highest BCUT2D eigenvalue weighted by Gasteiger charge is 2.22. The predicted octanol–water partition coefficient (Wildman–Crippen LogP) is 4.75. The third-order valence-corrected chi connectivity index (χ3v) is 5.71. The first kappa shape index (κ1) is 18.6. The minimum absolute atomic E-state index is 0.0495. The summed E-state index contributed by atoms with van der Waals surface area (Å²) in [7, 11) is 0. The van der Waals surface area contributed by atoms with Gasteiger partial charge in [-0.05, 0) is 68.7 Å². The van der Waals surface area contributed by atoms with Crippen molar-refractivity contribution in [3.05, 3.63) is 52.6 Å². The first-order valence-corrected chi connectivity index (χ1v) is 9.82. The van der Waals surface area contributed by atoms with Gasteiger partial charge >= 0.3 is 0 Å². The van der Waals surface area contributed by atoms with Gasteiger partial charge in [0.1, 0.15) is 0 Å². The van der Waals surface area contributed by atoms with Crippen LogP contribution in [0.1, 0.15) is 34.0 Å². The Kier molecular flexibility index (Phi) is 4.85. The Bertz CT molecular complexity index is 1060. The maximum atomic E-state index is 12.9. The van der Waals surface area contributed by atoms with Gasteiger partial charge in [0.2, 0.25) is 12.7 Å². The van der Waals surface area contributed by atoms with E-state index in [2.05, 4.69) is 10.2 Å². The monoisotopic (exact) mass is 396 g/mol. The maximum Gasteiger partial charge on any atom is 0.277 e. The molecule has 0 aliphatic carbocycles. The number of rotatable bonds is 5. The summed E-state index contributed by atoms with van der Waals surface area (Å²) in [5.41, 5.74) is 4.74. The van der Waals surface area contributed by atoms with E-state index in [1.165, 1.54) is 17.3 Å². The number of aromatic nitrogens is 2. The number of hydrogen-bond donors (Lipinski definition) is 0. The normalized spacial score (nSPS) is 13.6. The van der Waals surface area contributed by atoms with E-state index >= 15 is 0 Å². The van der Waals surface area contributed by atoms with Crippen LogP contribution in [0.3, 0.4) is 0 Å². The van der Waals surface area contributed by atoms with Crippen molar-refractivity contribution in [3.8, 4) is 23.0 Å². The zero-order valence-electron chi connectivity index (χ0n) is 16.1. The van der Waals surface area contributed by atoms with Gasteiger partial charge in [-0.1, -0.05) is 17.8 Å². The van der Waals surface area contributed by atoms with E-state index in [1.54, 1.807) is 6.07 Å². The summed E-state index contributed by atoms with van der Waals surface area (Å²) in [5.74, 6) is 1.77. The molecule has 1 aliphatic heterocycles. The van der Waals surface area contributed by atoms with Gasteiger partial charge in [0.15, 0.2) is 17.3 Å². The van der Waals surface area contributed by atoms with Crippen molar-refractivity contribution in [3.63, 3.8) is 0 Å². The molecule has 0 saturated heterocycles. The maximum absolute atomic E-state index is 12.9. The molecular formula is C21H20N2O4S. The SMILES string of the molecule is Cc1cc(C)c(C(=O)[C@H](C)Sc2nnc(-c3ccc4c(c3)OCO4)o2)cc1C. The number of nitrogens with zero attached hydrogens (tertiary/aromatic N) is 2. The molecule has 0 unspecified atom stereocenters. The van der Waals surface area contributed by atoms with Crippen molar-refractivity contribution in [1.82, 2.24) is 10.2 Å². The standard InChI is InChI=1S/C21H20N2O4S/c1-11-7-13(3)16(8-12(11)2)19(24)14(4)28-21-23-22-20(27-21)15-5-6-17-18(9-15)26-10-25-17/h5-9,14H,10H2,1-4H3/t14-/m0/s1. The molecule has 4 rings (SSSR count). The lowest BCUT2D eigenvalue weighted by Gasteiger charge is -2.12. The molecule has 0 fully saturated rings. The molecule has 3 aromatic rings. The molecule has 0 bridgehead atoms. The molecule has 2 heterocycles. The van der Waals surface area contributed by atoms with Gasteiger partial charge < -0.3 is 13.9 Å². The minimum Gasteiger partial charge on any atom is -0.454 e. The second-order valence-corrected chi connectivity index (χ2v) is 8.11. The fourth-order valence-corrected chi connectivity index (χ4v) is 3.80. The van der Waals surface area contributed by atoms with E-state index in [0.29, 0.717) is 22.6 Å². The van der Waals surface area contributed by atoms with Gasteiger partial charge in [-0.25, -0.2) is 0 Å². The predicted molar refractivity (Wildman–Crippen MR) is 106 cm³/mol. The molecule has 28 heavy (non-hydrogen) atoms. The molecule has 0 N–H and O–H groups in total. The van der Waals surface area contributed by atoms with Crippen LogP contribution in [0.4, 0.5) is 0 Å².